The molecule has 0 spiro atoms. The standard InChI is InChI=1S/C13H19BClNO3/c1-12(2)13(3,4)19-14(18-12)11(16)8-6-5-7-9(15)10(8)17/h5-7,11,17H,16H2,1-4H3/t11-/m1/s1. The first-order valence-electron chi connectivity index (χ1n) is 6.24. The lowest BCUT2D eigenvalue weighted by molar-refractivity contribution is 0.00578. The molecule has 6 heteroatoms. The molecule has 1 saturated heterocycles. The number of nitrogens with two attached hydrogens (primary N) is 1. The fourth-order valence-corrected chi connectivity index (χ4v) is 2.16. The summed E-state index contributed by atoms with van der Waals surface area (Å²) in [6, 6.07) is 5.07. The van der Waals surface area contributed by atoms with Gasteiger partial charge in [-0.25, -0.2) is 0 Å². The molecular formula is C13H19BClNO3. The Morgan fingerprint density at radius 3 is 2.26 bits per heavy atom. The summed E-state index contributed by atoms with van der Waals surface area (Å²) < 4.78 is 11.7. The number of rotatable bonds is 2. The zero-order valence-electron chi connectivity index (χ0n) is 11.6. The number of hydrogen-bond donors (Lipinski definition) is 2. The molecule has 1 heterocycles. The van der Waals surface area contributed by atoms with Crippen molar-refractivity contribution in [3.63, 3.8) is 0 Å². The summed E-state index contributed by atoms with van der Waals surface area (Å²) in [5, 5.41) is 10.2. The van der Waals surface area contributed by atoms with Crippen LogP contribution >= 0.6 is 11.6 Å². The van der Waals surface area contributed by atoms with Gasteiger partial charge in [-0.3, -0.25) is 0 Å². The van der Waals surface area contributed by atoms with E-state index in [2.05, 4.69) is 0 Å². The van der Waals surface area contributed by atoms with Crippen molar-refractivity contribution in [1.82, 2.24) is 0 Å². The Morgan fingerprint density at radius 2 is 1.74 bits per heavy atom. The van der Waals surface area contributed by atoms with Crippen molar-refractivity contribution < 1.29 is 14.4 Å². The summed E-state index contributed by atoms with van der Waals surface area (Å²) in [5.41, 5.74) is 5.75. The van der Waals surface area contributed by atoms with Crippen LogP contribution in [0.25, 0.3) is 0 Å². The van der Waals surface area contributed by atoms with Crippen LogP contribution in [0.3, 0.4) is 0 Å². The van der Waals surface area contributed by atoms with Gasteiger partial charge in [0.05, 0.1) is 22.2 Å². The minimum Gasteiger partial charge on any atom is -0.506 e. The molecule has 19 heavy (non-hydrogen) atoms. The first-order valence-corrected chi connectivity index (χ1v) is 6.62. The maximum Gasteiger partial charge on any atom is 0.480 e. The summed E-state index contributed by atoms with van der Waals surface area (Å²) in [4.78, 5) is 0. The minimum atomic E-state index is -0.616. The largest absolute Gasteiger partial charge is 0.506 e. The molecule has 1 aromatic rings. The molecule has 0 radical (unpaired) electrons. The van der Waals surface area contributed by atoms with Crippen LogP contribution in [0.1, 0.15) is 39.2 Å². The van der Waals surface area contributed by atoms with Crippen molar-refractivity contribution in [2.24, 2.45) is 5.73 Å². The fraction of sp³-hybridized carbons (Fsp3) is 0.538. The van der Waals surface area contributed by atoms with Crippen LogP contribution in [0, 0.1) is 0 Å². The van der Waals surface area contributed by atoms with E-state index in [1.54, 1.807) is 18.2 Å². The fourth-order valence-electron chi connectivity index (χ4n) is 1.98. The molecule has 0 amide bonds. The highest BCUT2D eigenvalue weighted by molar-refractivity contribution is 6.47. The van der Waals surface area contributed by atoms with Crippen molar-refractivity contribution >= 4 is 18.7 Å². The Morgan fingerprint density at radius 1 is 1.21 bits per heavy atom. The maximum absolute atomic E-state index is 9.97. The predicted octanol–water partition coefficient (Wildman–Crippen LogP) is 2.68. The van der Waals surface area contributed by atoms with E-state index in [0.717, 1.165) is 0 Å². The highest BCUT2D eigenvalue weighted by Gasteiger charge is 2.53. The zero-order valence-corrected chi connectivity index (χ0v) is 12.4. The van der Waals surface area contributed by atoms with Gasteiger partial charge in [-0.2, -0.15) is 0 Å². The molecular weight excluding hydrogens is 264 g/mol. The second-order valence-electron chi connectivity index (χ2n) is 5.83. The Kier molecular flexibility index (Phi) is 3.60. The second-order valence-corrected chi connectivity index (χ2v) is 6.24. The van der Waals surface area contributed by atoms with E-state index >= 15 is 0 Å². The molecule has 2 rings (SSSR count). The Balaban J connectivity index is 2.27. The molecule has 1 fully saturated rings. The molecule has 1 aromatic carbocycles. The molecule has 1 aliphatic heterocycles. The van der Waals surface area contributed by atoms with Gasteiger partial charge in [-0.05, 0) is 33.8 Å². The van der Waals surface area contributed by atoms with Gasteiger partial charge < -0.3 is 20.1 Å². The van der Waals surface area contributed by atoms with E-state index < -0.39 is 24.3 Å². The van der Waals surface area contributed by atoms with E-state index in [1.165, 1.54) is 0 Å². The zero-order chi connectivity index (χ0) is 14.4. The molecule has 3 N–H and O–H groups in total. The van der Waals surface area contributed by atoms with Crippen molar-refractivity contribution in [1.29, 1.82) is 0 Å². The van der Waals surface area contributed by atoms with Gasteiger partial charge in [0.2, 0.25) is 0 Å². The third-order valence-corrected chi connectivity index (χ3v) is 4.25. The van der Waals surface area contributed by atoms with Crippen molar-refractivity contribution in [2.75, 3.05) is 0 Å². The van der Waals surface area contributed by atoms with Crippen LogP contribution in [-0.2, 0) is 9.31 Å². The number of phenols is 1. The number of aromatic hydroxyl groups is 1. The van der Waals surface area contributed by atoms with E-state index in [4.69, 9.17) is 26.6 Å². The van der Waals surface area contributed by atoms with Gasteiger partial charge in [-0.15, -0.1) is 0 Å². The molecule has 0 saturated carbocycles. The number of halogens is 1. The molecule has 0 aromatic heterocycles. The maximum atomic E-state index is 9.97. The van der Waals surface area contributed by atoms with Gasteiger partial charge in [0.1, 0.15) is 5.75 Å². The summed E-state index contributed by atoms with van der Waals surface area (Å²) >= 11 is 5.89. The van der Waals surface area contributed by atoms with E-state index in [-0.39, 0.29) is 10.8 Å². The van der Waals surface area contributed by atoms with E-state index in [0.29, 0.717) is 5.56 Å². The van der Waals surface area contributed by atoms with Crippen LogP contribution in [0.15, 0.2) is 18.2 Å². The van der Waals surface area contributed by atoms with Gasteiger partial charge in [0, 0.05) is 5.56 Å². The second kappa shape index (κ2) is 4.67. The minimum absolute atomic E-state index is 0.0219. The Bertz CT molecular complexity index is 477. The first-order chi connectivity index (χ1) is 8.66. The quantitative estimate of drug-likeness (QED) is 0.819. The van der Waals surface area contributed by atoms with Crippen LogP contribution in [0.5, 0.6) is 5.75 Å². The van der Waals surface area contributed by atoms with Crippen molar-refractivity contribution in [2.45, 2.75) is 44.8 Å². The lowest BCUT2D eigenvalue weighted by Crippen LogP contribution is -2.41. The van der Waals surface area contributed by atoms with E-state index in [9.17, 15) is 5.11 Å². The molecule has 0 unspecified atom stereocenters. The Hall–Kier alpha value is -0.745. The van der Waals surface area contributed by atoms with Crippen LogP contribution in [-0.4, -0.2) is 23.4 Å². The average Bonchev–Trinajstić information content (AvgIpc) is 2.51. The van der Waals surface area contributed by atoms with Gasteiger partial charge in [0.15, 0.2) is 0 Å². The summed E-state index contributed by atoms with van der Waals surface area (Å²) in [5.74, 6) is -0.619. The SMILES string of the molecule is CC1(C)OB([C@H](N)c2cccc(Cl)c2O)OC1(C)C. The van der Waals surface area contributed by atoms with Crippen LogP contribution < -0.4 is 5.73 Å². The van der Waals surface area contributed by atoms with Crippen LogP contribution in [0.2, 0.25) is 5.02 Å². The molecule has 1 atom stereocenters. The highest BCUT2D eigenvalue weighted by atomic mass is 35.5. The molecule has 4 nitrogen and oxygen atoms in total. The van der Waals surface area contributed by atoms with Crippen LogP contribution in [0.4, 0.5) is 0 Å². The molecule has 0 aliphatic carbocycles. The topological polar surface area (TPSA) is 64.7 Å². The third kappa shape index (κ3) is 2.48. The van der Waals surface area contributed by atoms with Gasteiger partial charge in [0.25, 0.3) is 0 Å². The average molecular weight is 284 g/mol. The number of para-hydroxylation sites is 1. The normalized spacial score (nSPS) is 22.5. The summed E-state index contributed by atoms with van der Waals surface area (Å²) in [7, 11) is -0.616. The van der Waals surface area contributed by atoms with E-state index in [1.807, 2.05) is 27.7 Å². The molecule has 104 valence electrons. The number of hydrogen-bond acceptors (Lipinski definition) is 4. The first kappa shape index (κ1) is 14.7. The summed E-state index contributed by atoms with van der Waals surface area (Å²) in [6.45, 7) is 7.82. The predicted molar refractivity (Wildman–Crippen MR) is 76.1 cm³/mol. The summed E-state index contributed by atoms with van der Waals surface area (Å²) in [6.07, 6.45) is 0. The Labute approximate surface area is 119 Å². The number of phenolic OH excluding ortho intramolecular Hbond substituents is 1. The number of benzene rings is 1. The van der Waals surface area contributed by atoms with Crippen molar-refractivity contribution in [3.05, 3.63) is 28.8 Å². The third-order valence-electron chi connectivity index (χ3n) is 3.94. The monoisotopic (exact) mass is 283 g/mol. The lowest BCUT2D eigenvalue weighted by atomic mass is 9.74. The van der Waals surface area contributed by atoms with Gasteiger partial charge >= 0.3 is 7.12 Å². The lowest BCUT2D eigenvalue weighted by Gasteiger charge is -2.32. The molecule has 1 aliphatic rings. The smallest absolute Gasteiger partial charge is 0.480 e. The highest BCUT2D eigenvalue weighted by Crippen LogP contribution is 2.41. The van der Waals surface area contributed by atoms with Gasteiger partial charge in [-0.1, -0.05) is 23.7 Å². The molecule has 0 bridgehead atoms. The van der Waals surface area contributed by atoms with Crippen molar-refractivity contribution in [3.8, 4) is 5.75 Å².